The molecule has 1 aromatic heterocycles. The third kappa shape index (κ3) is 3.91. The summed E-state index contributed by atoms with van der Waals surface area (Å²) in [5.41, 5.74) is 3.47. The number of benzene rings is 1. The first kappa shape index (κ1) is 14.3. The molecular weight excluding hydrogens is 302 g/mol. The predicted octanol–water partition coefficient (Wildman–Crippen LogP) is 3.83. The molecule has 1 aromatic carbocycles. The van der Waals surface area contributed by atoms with E-state index in [0.29, 0.717) is 0 Å². The fourth-order valence-corrected chi connectivity index (χ4v) is 2.12. The van der Waals surface area contributed by atoms with Crippen LogP contribution in [0.1, 0.15) is 32.0 Å². The normalized spacial score (nSPS) is 11.8. The van der Waals surface area contributed by atoms with Gasteiger partial charge < -0.3 is 5.32 Å². The van der Waals surface area contributed by atoms with Gasteiger partial charge in [0, 0.05) is 22.8 Å². The van der Waals surface area contributed by atoms with Gasteiger partial charge in [0.2, 0.25) is 0 Å². The molecule has 4 heteroatoms. The topological polar surface area (TPSA) is 29.9 Å². The van der Waals surface area contributed by atoms with Crippen molar-refractivity contribution in [3.05, 3.63) is 46.2 Å². The van der Waals surface area contributed by atoms with Crippen LogP contribution in [0.15, 0.2) is 34.9 Å². The number of rotatable bonds is 3. The Morgan fingerprint density at radius 3 is 2.68 bits per heavy atom. The van der Waals surface area contributed by atoms with Crippen LogP contribution >= 0.6 is 15.9 Å². The molecule has 2 aromatic rings. The summed E-state index contributed by atoms with van der Waals surface area (Å²) in [6.07, 6.45) is 2.01. The first-order chi connectivity index (χ1) is 8.85. The highest BCUT2D eigenvalue weighted by atomic mass is 79.9. The predicted molar refractivity (Wildman–Crippen MR) is 82.6 cm³/mol. The van der Waals surface area contributed by atoms with Crippen LogP contribution in [0.25, 0.3) is 5.69 Å². The number of nitrogens with one attached hydrogen (secondary N) is 1. The van der Waals surface area contributed by atoms with Crippen molar-refractivity contribution >= 4 is 15.9 Å². The lowest BCUT2D eigenvalue weighted by Gasteiger charge is -2.19. The van der Waals surface area contributed by atoms with E-state index in [1.54, 1.807) is 0 Å². The van der Waals surface area contributed by atoms with E-state index < -0.39 is 0 Å². The SMILES string of the molecule is Cc1ccc(Br)cc1-n1ccc(CNC(C)(C)C)n1. The minimum Gasteiger partial charge on any atom is -0.306 e. The maximum Gasteiger partial charge on any atom is 0.0767 e. The second kappa shape index (κ2) is 5.47. The van der Waals surface area contributed by atoms with Crippen LogP contribution in [0.4, 0.5) is 0 Å². The molecule has 0 aliphatic carbocycles. The Morgan fingerprint density at radius 1 is 1.26 bits per heavy atom. The molecule has 0 amide bonds. The van der Waals surface area contributed by atoms with E-state index in [4.69, 9.17) is 0 Å². The van der Waals surface area contributed by atoms with Crippen LogP contribution in [0.3, 0.4) is 0 Å². The molecule has 0 saturated heterocycles. The second-order valence-electron chi connectivity index (χ2n) is 5.79. The van der Waals surface area contributed by atoms with Crippen molar-refractivity contribution in [1.29, 1.82) is 0 Å². The standard InChI is InChI=1S/C15H20BrN3/c1-11-5-6-12(16)9-14(11)19-8-7-13(18-19)10-17-15(2,3)4/h5-9,17H,10H2,1-4H3. The molecule has 19 heavy (non-hydrogen) atoms. The number of aromatic nitrogens is 2. The first-order valence-electron chi connectivity index (χ1n) is 6.41. The molecule has 1 N–H and O–H groups in total. The van der Waals surface area contributed by atoms with Crippen LogP contribution in [-0.2, 0) is 6.54 Å². The van der Waals surface area contributed by atoms with E-state index in [2.05, 4.69) is 72.2 Å². The zero-order chi connectivity index (χ0) is 14.0. The fraction of sp³-hybridized carbons (Fsp3) is 0.400. The zero-order valence-corrected chi connectivity index (χ0v) is 13.5. The molecule has 0 spiro atoms. The van der Waals surface area contributed by atoms with Crippen LogP contribution in [-0.4, -0.2) is 15.3 Å². The van der Waals surface area contributed by atoms with E-state index in [-0.39, 0.29) is 5.54 Å². The summed E-state index contributed by atoms with van der Waals surface area (Å²) in [6.45, 7) is 9.34. The smallest absolute Gasteiger partial charge is 0.0767 e. The van der Waals surface area contributed by atoms with Crippen molar-refractivity contribution in [2.75, 3.05) is 0 Å². The minimum absolute atomic E-state index is 0.107. The summed E-state index contributed by atoms with van der Waals surface area (Å²) in [4.78, 5) is 0. The molecular formula is C15H20BrN3. The van der Waals surface area contributed by atoms with Gasteiger partial charge in [-0.25, -0.2) is 4.68 Å². The Labute approximate surface area is 123 Å². The monoisotopic (exact) mass is 321 g/mol. The summed E-state index contributed by atoms with van der Waals surface area (Å²) in [5.74, 6) is 0. The minimum atomic E-state index is 0.107. The Morgan fingerprint density at radius 2 is 2.00 bits per heavy atom. The summed E-state index contributed by atoms with van der Waals surface area (Å²) in [5, 5.41) is 8.06. The molecule has 3 nitrogen and oxygen atoms in total. The molecule has 0 unspecified atom stereocenters. The van der Waals surface area contributed by atoms with Crippen LogP contribution in [0, 0.1) is 6.92 Å². The molecule has 102 valence electrons. The van der Waals surface area contributed by atoms with E-state index in [0.717, 1.165) is 22.4 Å². The van der Waals surface area contributed by atoms with E-state index in [9.17, 15) is 0 Å². The Balaban J connectivity index is 2.19. The average Bonchev–Trinajstić information content (AvgIpc) is 2.77. The van der Waals surface area contributed by atoms with Gasteiger partial charge in [0.05, 0.1) is 11.4 Å². The van der Waals surface area contributed by atoms with Gasteiger partial charge in [-0.15, -0.1) is 0 Å². The molecule has 0 fully saturated rings. The van der Waals surface area contributed by atoms with Crippen molar-refractivity contribution in [2.24, 2.45) is 0 Å². The van der Waals surface area contributed by atoms with Gasteiger partial charge in [0.15, 0.2) is 0 Å². The van der Waals surface area contributed by atoms with Crippen molar-refractivity contribution in [3.63, 3.8) is 0 Å². The fourth-order valence-electron chi connectivity index (χ4n) is 1.78. The maximum absolute atomic E-state index is 4.62. The summed E-state index contributed by atoms with van der Waals surface area (Å²) in [6, 6.07) is 8.28. The van der Waals surface area contributed by atoms with Crippen LogP contribution < -0.4 is 5.32 Å². The molecule has 1 heterocycles. The van der Waals surface area contributed by atoms with Gasteiger partial charge in [-0.3, -0.25) is 0 Å². The highest BCUT2D eigenvalue weighted by molar-refractivity contribution is 9.10. The van der Waals surface area contributed by atoms with Crippen molar-refractivity contribution < 1.29 is 0 Å². The summed E-state index contributed by atoms with van der Waals surface area (Å²) in [7, 11) is 0. The third-order valence-electron chi connectivity index (χ3n) is 2.86. The van der Waals surface area contributed by atoms with E-state index in [1.807, 2.05) is 16.9 Å². The highest BCUT2D eigenvalue weighted by Crippen LogP contribution is 2.19. The van der Waals surface area contributed by atoms with Crippen molar-refractivity contribution in [2.45, 2.75) is 39.8 Å². The Hall–Kier alpha value is -1.13. The number of hydrogen-bond donors (Lipinski definition) is 1. The quantitative estimate of drug-likeness (QED) is 0.931. The van der Waals surface area contributed by atoms with E-state index >= 15 is 0 Å². The highest BCUT2D eigenvalue weighted by Gasteiger charge is 2.10. The van der Waals surface area contributed by atoms with Crippen molar-refractivity contribution in [3.8, 4) is 5.69 Å². The average molecular weight is 322 g/mol. The number of aryl methyl sites for hydroxylation is 1. The molecule has 0 bridgehead atoms. The zero-order valence-electron chi connectivity index (χ0n) is 11.9. The second-order valence-corrected chi connectivity index (χ2v) is 6.70. The third-order valence-corrected chi connectivity index (χ3v) is 3.36. The van der Waals surface area contributed by atoms with Gasteiger partial charge in [0.25, 0.3) is 0 Å². The lowest BCUT2D eigenvalue weighted by Crippen LogP contribution is -2.35. The lowest BCUT2D eigenvalue weighted by atomic mass is 10.1. The van der Waals surface area contributed by atoms with Gasteiger partial charge in [-0.05, 0) is 51.5 Å². The first-order valence-corrected chi connectivity index (χ1v) is 7.20. The van der Waals surface area contributed by atoms with Gasteiger partial charge >= 0.3 is 0 Å². The molecule has 0 radical (unpaired) electrons. The number of nitrogens with zero attached hydrogens (tertiary/aromatic N) is 2. The largest absolute Gasteiger partial charge is 0.306 e. The Bertz CT molecular complexity index is 567. The van der Waals surface area contributed by atoms with Crippen molar-refractivity contribution in [1.82, 2.24) is 15.1 Å². The van der Waals surface area contributed by atoms with Gasteiger partial charge in [-0.2, -0.15) is 5.10 Å². The molecule has 2 rings (SSSR count). The molecule has 0 atom stereocenters. The maximum atomic E-state index is 4.62. The summed E-state index contributed by atoms with van der Waals surface area (Å²) < 4.78 is 3.00. The van der Waals surface area contributed by atoms with Crippen LogP contribution in [0.5, 0.6) is 0 Å². The van der Waals surface area contributed by atoms with Gasteiger partial charge in [-0.1, -0.05) is 22.0 Å². The summed E-state index contributed by atoms with van der Waals surface area (Å²) >= 11 is 3.50. The Kier molecular flexibility index (Phi) is 4.11. The van der Waals surface area contributed by atoms with Gasteiger partial charge in [0.1, 0.15) is 0 Å². The lowest BCUT2D eigenvalue weighted by molar-refractivity contribution is 0.420. The number of halogens is 1. The molecule has 0 saturated carbocycles. The molecule has 0 aliphatic heterocycles. The van der Waals surface area contributed by atoms with Crippen LogP contribution in [0.2, 0.25) is 0 Å². The molecule has 0 aliphatic rings. The number of hydrogen-bond acceptors (Lipinski definition) is 2. The van der Waals surface area contributed by atoms with E-state index in [1.165, 1.54) is 5.56 Å².